The summed E-state index contributed by atoms with van der Waals surface area (Å²) in [4.78, 5) is 0. The van der Waals surface area contributed by atoms with Crippen LogP contribution in [0.2, 0.25) is 5.02 Å². The highest BCUT2D eigenvalue weighted by molar-refractivity contribution is 9.10. The van der Waals surface area contributed by atoms with E-state index in [0.29, 0.717) is 16.1 Å². The fraction of sp³-hybridized carbons (Fsp3) is 0.143. The van der Waals surface area contributed by atoms with Gasteiger partial charge in [0.1, 0.15) is 5.82 Å². The highest BCUT2D eigenvalue weighted by Crippen LogP contribution is 2.29. The number of rotatable bonds is 3. The Bertz CT molecular complexity index is 559. The Morgan fingerprint density at radius 3 is 2.67 bits per heavy atom. The van der Waals surface area contributed by atoms with E-state index in [1.54, 1.807) is 36.4 Å². The van der Waals surface area contributed by atoms with Crippen molar-refractivity contribution in [3.63, 3.8) is 0 Å². The van der Waals surface area contributed by atoms with E-state index in [1.165, 1.54) is 6.07 Å². The molecule has 2 aromatic rings. The van der Waals surface area contributed by atoms with Crippen molar-refractivity contribution in [2.75, 3.05) is 0 Å². The van der Waals surface area contributed by atoms with Gasteiger partial charge in [0.05, 0.1) is 6.10 Å². The lowest BCUT2D eigenvalue weighted by atomic mass is 10.0. The van der Waals surface area contributed by atoms with Crippen molar-refractivity contribution in [1.29, 1.82) is 0 Å². The molecule has 0 saturated carbocycles. The van der Waals surface area contributed by atoms with Crippen molar-refractivity contribution < 1.29 is 9.50 Å². The second kappa shape index (κ2) is 5.83. The predicted octanol–water partition coefficient (Wildman–Crippen LogP) is 4.52. The van der Waals surface area contributed by atoms with E-state index in [1.807, 2.05) is 0 Å². The molecule has 0 aromatic heterocycles. The van der Waals surface area contributed by atoms with Crippen LogP contribution in [0.4, 0.5) is 4.39 Å². The maximum atomic E-state index is 13.5. The largest absolute Gasteiger partial charge is 0.388 e. The highest BCUT2D eigenvalue weighted by atomic mass is 79.9. The first-order valence-corrected chi connectivity index (χ1v) is 6.61. The first-order valence-electron chi connectivity index (χ1n) is 5.44. The molecule has 4 heteroatoms. The van der Waals surface area contributed by atoms with Crippen LogP contribution in [0, 0.1) is 5.82 Å². The minimum absolute atomic E-state index is 0.214. The fourth-order valence-corrected chi connectivity index (χ4v) is 2.44. The van der Waals surface area contributed by atoms with Gasteiger partial charge >= 0.3 is 0 Å². The van der Waals surface area contributed by atoms with Crippen molar-refractivity contribution in [2.45, 2.75) is 12.5 Å². The maximum absolute atomic E-state index is 13.5. The van der Waals surface area contributed by atoms with Crippen LogP contribution in [0.3, 0.4) is 0 Å². The average Bonchev–Trinajstić information content (AvgIpc) is 2.35. The SMILES string of the molecule is OC(Cc1ccccc1F)c1cc(Cl)ccc1Br. The van der Waals surface area contributed by atoms with Gasteiger partial charge in [-0.2, -0.15) is 0 Å². The average molecular weight is 330 g/mol. The second-order valence-corrected chi connectivity index (χ2v) is 5.27. The third kappa shape index (κ3) is 3.10. The standard InChI is InChI=1S/C14H11BrClFO/c15-12-6-5-10(16)8-11(12)14(18)7-9-3-1-2-4-13(9)17/h1-6,8,14,18H,7H2. The van der Waals surface area contributed by atoms with Gasteiger partial charge in [0.15, 0.2) is 0 Å². The zero-order valence-corrected chi connectivity index (χ0v) is 11.7. The summed E-state index contributed by atoms with van der Waals surface area (Å²) in [7, 11) is 0. The van der Waals surface area contributed by atoms with Gasteiger partial charge in [-0.3, -0.25) is 0 Å². The van der Waals surface area contributed by atoms with E-state index in [2.05, 4.69) is 15.9 Å². The number of aliphatic hydroxyl groups excluding tert-OH is 1. The van der Waals surface area contributed by atoms with Gasteiger partial charge in [-0.05, 0) is 35.4 Å². The Kier molecular flexibility index (Phi) is 4.38. The molecule has 0 fully saturated rings. The Hall–Kier alpha value is -0.900. The predicted molar refractivity (Wildman–Crippen MR) is 74.2 cm³/mol. The molecule has 0 aliphatic carbocycles. The van der Waals surface area contributed by atoms with Crippen LogP contribution < -0.4 is 0 Å². The Morgan fingerprint density at radius 1 is 1.22 bits per heavy atom. The van der Waals surface area contributed by atoms with Gasteiger partial charge in [0, 0.05) is 15.9 Å². The smallest absolute Gasteiger partial charge is 0.126 e. The normalized spacial score (nSPS) is 12.4. The monoisotopic (exact) mass is 328 g/mol. The molecule has 0 bridgehead atoms. The molecule has 1 nitrogen and oxygen atoms in total. The lowest BCUT2D eigenvalue weighted by Crippen LogP contribution is -2.04. The molecule has 2 aromatic carbocycles. The zero-order chi connectivity index (χ0) is 13.1. The summed E-state index contributed by atoms with van der Waals surface area (Å²) in [6.07, 6.45) is -0.582. The fourth-order valence-electron chi connectivity index (χ4n) is 1.75. The summed E-state index contributed by atoms with van der Waals surface area (Å²) in [5.41, 5.74) is 1.14. The third-order valence-corrected chi connectivity index (χ3v) is 3.65. The Morgan fingerprint density at radius 2 is 1.94 bits per heavy atom. The number of benzene rings is 2. The van der Waals surface area contributed by atoms with Gasteiger partial charge in [0.2, 0.25) is 0 Å². The molecular formula is C14H11BrClFO. The number of aliphatic hydroxyl groups is 1. The Balaban J connectivity index is 2.25. The molecule has 0 heterocycles. The van der Waals surface area contributed by atoms with Gasteiger partial charge in [-0.25, -0.2) is 4.39 Å². The molecule has 1 unspecified atom stereocenters. The van der Waals surface area contributed by atoms with Crippen LogP contribution in [-0.2, 0) is 6.42 Å². The molecule has 0 amide bonds. The molecule has 0 saturated heterocycles. The second-order valence-electron chi connectivity index (χ2n) is 3.98. The molecule has 0 aliphatic heterocycles. The molecule has 0 aliphatic rings. The summed E-state index contributed by atoms with van der Waals surface area (Å²) in [5, 5.41) is 10.7. The van der Waals surface area contributed by atoms with Gasteiger partial charge in [0.25, 0.3) is 0 Å². The summed E-state index contributed by atoms with van der Waals surface area (Å²) in [6, 6.07) is 11.6. The summed E-state index contributed by atoms with van der Waals surface area (Å²) in [5.74, 6) is -0.310. The number of hydrogen-bond donors (Lipinski definition) is 1. The first kappa shape index (κ1) is 13.5. The van der Waals surface area contributed by atoms with E-state index in [0.717, 1.165) is 4.47 Å². The van der Waals surface area contributed by atoms with E-state index in [-0.39, 0.29) is 12.2 Å². The Labute approximate surface area is 118 Å². The lowest BCUT2D eigenvalue weighted by molar-refractivity contribution is 0.176. The molecule has 0 radical (unpaired) electrons. The van der Waals surface area contributed by atoms with Crippen molar-refractivity contribution in [3.05, 3.63) is 68.9 Å². The third-order valence-electron chi connectivity index (χ3n) is 2.69. The van der Waals surface area contributed by atoms with Crippen LogP contribution in [0.15, 0.2) is 46.9 Å². The number of hydrogen-bond acceptors (Lipinski definition) is 1. The van der Waals surface area contributed by atoms with Crippen molar-refractivity contribution in [1.82, 2.24) is 0 Å². The number of halogens is 3. The lowest BCUT2D eigenvalue weighted by Gasteiger charge is -2.13. The van der Waals surface area contributed by atoms with Crippen molar-refractivity contribution in [2.24, 2.45) is 0 Å². The molecule has 94 valence electrons. The molecule has 1 atom stereocenters. The van der Waals surface area contributed by atoms with E-state index < -0.39 is 6.10 Å². The van der Waals surface area contributed by atoms with Gasteiger partial charge in [-0.15, -0.1) is 0 Å². The molecule has 18 heavy (non-hydrogen) atoms. The zero-order valence-electron chi connectivity index (χ0n) is 9.41. The summed E-state index contributed by atoms with van der Waals surface area (Å²) >= 11 is 9.24. The summed E-state index contributed by atoms with van der Waals surface area (Å²) < 4.78 is 14.3. The van der Waals surface area contributed by atoms with Crippen LogP contribution in [-0.4, -0.2) is 5.11 Å². The van der Waals surface area contributed by atoms with E-state index >= 15 is 0 Å². The van der Waals surface area contributed by atoms with Gasteiger partial charge in [-0.1, -0.05) is 45.7 Å². The first-order chi connectivity index (χ1) is 8.58. The minimum atomic E-state index is -0.796. The van der Waals surface area contributed by atoms with Crippen LogP contribution in [0.5, 0.6) is 0 Å². The summed E-state index contributed by atoms with van der Waals surface area (Å²) in [6.45, 7) is 0. The van der Waals surface area contributed by atoms with Crippen molar-refractivity contribution in [3.8, 4) is 0 Å². The van der Waals surface area contributed by atoms with Gasteiger partial charge < -0.3 is 5.11 Å². The van der Waals surface area contributed by atoms with E-state index in [9.17, 15) is 9.50 Å². The molecular weight excluding hydrogens is 319 g/mol. The van der Waals surface area contributed by atoms with Crippen molar-refractivity contribution >= 4 is 27.5 Å². The van der Waals surface area contributed by atoms with Crippen LogP contribution in [0.1, 0.15) is 17.2 Å². The van der Waals surface area contributed by atoms with Crippen LogP contribution >= 0.6 is 27.5 Å². The van der Waals surface area contributed by atoms with Crippen LogP contribution in [0.25, 0.3) is 0 Å². The molecule has 2 rings (SSSR count). The quantitative estimate of drug-likeness (QED) is 0.878. The molecule has 0 spiro atoms. The molecule has 1 N–H and O–H groups in total. The topological polar surface area (TPSA) is 20.2 Å². The highest BCUT2D eigenvalue weighted by Gasteiger charge is 2.14. The maximum Gasteiger partial charge on any atom is 0.126 e. The van der Waals surface area contributed by atoms with E-state index in [4.69, 9.17) is 11.6 Å². The minimum Gasteiger partial charge on any atom is -0.388 e.